The summed E-state index contributed by atoms with van der Waals surface area (Å²) in [5.74, 6) is 1.24. The van der Waals surface area contributed by atoms with Crippen LogP contribution in [0.1, 0.15) is 31.0 Å². The molecule has 7 nitrogen and oxygen atoms in total. The van der Waals surface area contributed by atoms with E-state index in [1.54, 1.807) is 15.9 Å². The van der Waals surface area contributed by atoms with Crippen LogP contribution in [0, 0.1) is 5.92 Å². The Balaban J connectivity index is 1.28. The van der Waals surface area contributed by atoms with Gasteiger partial charge in [0.2, 0.25) is 5.91 Å². The molecule has 1 amide bonds. The Kier molecular flexibility index (Phi) is 4.27. The highest BCUT2D eigenvalue weighted by atomic mass is 32.1. The van der Waals surface area contributed by atoms with Gasteiger partial charge in [0.25, 0.3) is 0 Å². The summed E-state index contributed by atoms with van der Waals surface area (Å²) in [7, 11) is 0. The maximum absolute atomic E-state index is 12.6. The van der Waals surface area contributed by atoms with Gasteiger partial charge in [-0.1, -0.05) is 18.2 Å². The third-order valence-electron chi connectivity index (χ3n) is 6.28. The molecule has 1 unspecified atom stereocenters. The zero-order valence-corrected chi connectivity index (χ0v) is 17.6. The fraction of sp³-hybridized carbons (Fsp3) is 0.304. The van der Waals surface area contributed by atoms with Crippen molar-refractivity contribution < 1.29 is 4.79 Å². The molecule has 1 aliphatic carbocycles. The van der Waals surface area contributed by atoms with Gasteiger partial charge in [0, 0.05) is 24.9 Å². The van der Waals surface area contributed by atoms with E-state index >= 15 is 0 Å². The maximum Gasteiger partial charge on any atom is 0.347 e. The van der Waals surface area contributed by atoms with E-state index in [1.807, 2.05) is 34.7 Å². The first-order chi connectivity index (χ1) is 15.2. The van der Waals surface area contributed by atoms with Crippen molar-refractivity contribution in [2.75, 3.05) is 13.1 Å². The average Bonchev–Trinajstić information content (AvgIpc) is 3.18. The lowest BCUT2D eigenvalue weighted by Gasteiger charge is -2.16. The number of H-pyrrole nitrogens is 1. The number of likely N-dealkylation sites (tertiary alicyclic amines) is 1. The summed E-state index contributed by atoms with van der Waals surface area (Å²) >= 11 is 1.63. The van der Waals surface area contributed by atoms with E-state index in [4.69, 9.17) is 0 Å². The minimum Gasteiger partial charge on any atom is -0.342 e. The number of fused-ring (bicyclic) bond motifs is 1. The van der Waals surface area contributed by atoms with Crippen molar-refractivity contribution in [2.45, 2.75) is 25.2 Å². The molecule has 31 heavy (non-hydrogen) atoms. The van der Waals surface area contributed by atoms with Crippen molar-refractivity contribution in [1.82, 2.24) is 24.6 Å². The smallest absolute Gasteiger partial charge is 0.342 e. The highest BCUT2D eigenvalue weighted by Crippen LogP contribution is 2.35. The Morgan fingerprint density at radius 3 is 2.68 bits per heavy atom. The van der Waals surface area contributed by atoms with Crippen LogP contribution in [-0.4, -0.2) is 43.6 Å². The number of hydrogen-bond donors (Lipinski definition) is 1. The van der Waals surface area contributed by atoms with Crippen LogP contribution < -0.4 is 5.69 Å². The van der Waals surface area contributed by atoms with E-state index in [2.05, 4.69) is 33.4 Å². The predicted octanol–water partition coefficient (Wildman–Crippen LogP) is 3.56. The molecule has 1 saturated heterocycles. The third-order valence-corrected chi connectivity index (χ3v) is 7.09. The number of hydrogen-bond acceptors (Lipinski definition) is 5. The number of nitrogens with one attached hydrogen (secondary N) is 1. The molecule has 6 rings (SSSR count). The summed E-state index contributed by atoms with van der Waals surface area (Å²) in [6.45, 7) is 1.37. The second-order valence-electron chi connectivity index (χ2n) is 8.35. The molecule has 1 aliphatic heterocycles. The van der Waals surface area contributed by atoms with Gasteiger partial charge in [-0.25, -0.2) is 19.4 Å². The average molecular weight is 432 g/mol. The Bertz CT molecular complexity index is 1330. The quantitative estimate of drug-likeness (QED) is 0.535. The summed E-state index contributed by atoms with van der Waals surface area (Å²) < 4.78 is 2.81. The zero-order valence-electron chi connectivity index (χ0n) is 16.8. The van der Waals surface area contributed by atoms with Gasteiger partial charge in [-0.05, 0) is 54.7 Å². The number of aromatic amines is 1. The lowest BCUT2D eigenvalue weighted by molar-refractivity contribution is -0.131. The molecule has 3 heterocycles. The molecule has 8 heteroatoms. The minimum atomic E-state index is -0.251. The molecular formula is C23H21N5O2S. The van der Waals surface area contributed by atoms with Crippen LogP contribution >= 0.6 is 11.3 Å². The van der Waals surface area contributed by atoms with Gasteiger partial charge < -0.3 is 4.90 Å². The number of benzene rings is 2. The fourth-order valence-electron chi connectivity index (χ4n) is 4.43. The summed E-state index contributed by atoms with van der Waals surface area (Å²) in [4.78, 5) is 31.3. The van der Waals surface area contributed by atoms with Crippen LogP contribution in [0.3, 0.4) is 0 Å². The lowest BCUT2D eigenvalue weighted by atomic mass is 10.0. The standard InChI is InChI=1S/C23H21N5O2S/c29-22(15-1-2-15)27-10-9-17(12-27)21-25-26-23(30)28(21)18-6-3-14(4-7-18)16-5-8-20-19(11-16)24-13-31-20/h3-8,11,13,15,17H,1-2,9-10,12H2,(H,26,30). The van der Waals surface area contributed by atoms with Crippen molar-refractivity contribution in [3.8, 4) is 16.8 Å². The molecule has 2 fully saturated rings. The van der Waals surface area contributed by atoms with Gasteiger partial charge >= 0.3 is 5.69 Å². The molecule has 1 N–H and O–H groups in total. The molecule has 0 radical (unpaired) electrons. The number of rotatable bonds is 4. The first-order valence-corrected chi connectivity index (χ1v) is 11.5. The minimum absolute atomic E-state index is 0.0633. The number of nitrogens with zero attached hydrogens (tertiary/aromatic N) is 4. The Morgan fingerprint density at radius 2 is 1.87 bits per heavy atom. The van der Waals surface area contributed by atoms with Crippen LogP contribution in [0.25, 0.3) is 27.0 Å². The number of aromatic nitrogens is 4. The molecule has 1 atom stereocenters. The number of carbonyl (C=O) groups excluding carboxylic acids is 1. The first-order valence-electron chi connectivity index (χ1n) is 10.6. The van der Waals surface area contributed by atoms with E-state index in [-0.39, 0.29) is 23.4 Å². The summed E-state index contributed by atoms with van der Waals surface area (Å²) in [5.41, 5.74) is 5.53. The van der Waals surface area contributed by atoms with Crippen molar-refractivity contribution in [3.63, 3.8) is 0 Å². The van der Waals surface area contributed by atoms with E-state index in [9.17, 15) is 9.59 Å². The SMILES string of the molecule is O=C(C1CC1)N1CCC(c2n[nH]c(=O)n2-c2ccc(-c3ccc4scnc4c3)cc2)C1. The number of thiazole rings is 1. The van der Waals surface area contributed by atoms with Crippen molar-refractivity contribution in [2.24, 2.45) is 5.92 Å². The highest BCUT2D eigenvalue weighted by Gasteiger charge is 2.38. The van der Waals surface area contributed by atoms with E-state index in [1.165, 1.54) is 4.70 Å². The Morgan fingerprint density at radius 1 is 1.06 bits per heavy atom. The van der Waals surface area contributed by atoms with E-state index in [0.717, 1.165) is 48.1 Å². The van der Waals surface area contributed by atoms with E-state index in [0.29, 0.717) is 12.4 Å². The summed E-state index contributed by atoms with van der Waals surface area (Å²) in [6, 6.07) is 14.2. The van der Waals surface area contributed by atoms with Crippen molar-refractivity contribution >= 4 is 27.5 Å². The van der Waals surface area contributed by atoms with Crippen molar-refractivity contribution in [1.29, 1.82) is 0 Å². The van der Waals surface area contributed by atoms with Gasteiger partial charge in [0.15, 0.2) is 0 Å². The van der Waals surface area contributed by atoms with Crippen LogP contribution in [0.5, 0.6) is 0 Å². The van der Waals surface area contributed by atoms with Gasteiger partial charge in [0.1, 0.15) is 5.82 Å². The molecule has 2 aliphatic rings. The summed E-state index contributed by atoms with van der Waals surface area (Å²) in [6.07, 6.45) is 2.85. The number of carbonyl (C=O) groups is 1. The molecule has 2 aromatic carbocycles. The van der Waals surface area contributed by atoms with Crippen LogP contribution in [0.4, 0.5) is 0 Å². The van der Waals surface area contributed by atoms with Crippen LogP contribution in [-0.2, 0) is 4.79 Å². The van der Waals surface area contributed by atoms with Crippen molar-refractivity contribution in [3.05, 3.63) is 64.3 Å². The fourth-order valence-corrected chi connectivity index (χ4v) is 5.09. The molecule has 0 spiro atoms. The van der Waals surface area contributed by atoms with Gasteiger partial charge in [-0.15, -0.1) is 11.3 Å². The second kappa shape index (κ2) is 7.16. The Labute approximate surface area is 182 Å². The molecule has 2 aromatic heterocycles. The molecule has 1 saturated carbocycles. The Hall–Kier alpha value is -3.26. The molecule has 156 valence electrons. The normalized spacial score (nSPS) is 18.7. The lowest BCUT2D eigenvalue weighted by Crippen LogP contribution is -2.30. The first kappa shape index (κ1) is 18.5. The number of amides is 1. The molecule has 4 aromatic rings. The van der Waals surface area contributed by atoms with Crippen LogP contribution in [0.2, 0.25) is 0 Å². The maximum atomic E-state index is 12.6. The second-order valence-corrected chi connectivity index (χ2v) is 9.23. The highest BCUT2D eigenvalue weighted by molar-refractivity contribution is 7.16. The largest absolute Gasteiger partial charge is 0.347 e. The topological polar surface area (TPSA) is 83.9 Å². The monoisotopic (exact) mass is 431 g/mol. The van der Waals surface area contributed by atoms with Crippen LogP contribution in [0.15, 0.2) is 52.8 Å². The molecule has 0 bridgehead atoms. The zero-order chi connectivity index (χ0) is 20.9. The molecular weight excluding hydrogens is 410 g/mol. The van der Waals surface area contributed by atoms with E-state index < -0.39 is 0 Å². The van der Waals surface area contributed by atoms with Gasteiger partial charge in [-0.2, -0.15) is 5.10 Å². The predicted molar refractivity (Wildman–Crippen MR) is 119 cm³/mol. The summed E-state index contributed by atoms with van der Waals surface area (Å²) in [5, 5.41) is 6.92. The third kappa shape index (κ3) is 3.27. The van der Waals surface area contributed by atoms with Gasteiger partial charge in [0.05, 0.1) is 21.4 Å². The van der Waals surface area contributed by atoms with Gasteiger partial charge in [-0.3, -0.25) is 4.79 Å².